The second kappa shape index (κ2) is 13.1. The lowest BCUT2D eigenvalue weighted by Gasteiger charge is -2.10. The van der Waals surface area contributed by atoms with Crippen molar-refractivity contribution >= 4 is 28.9 Å². The molecule has 0 bridgehead atoms. The Balaban J connectivity index is 1.14. The van der Waals surface area contributed by atoms with Crippen LogP contribution in [0.25, 0.3) is 23.1 Å². The summed E-state index contributed by atoms with van der Waals surface area (Å²) in [5.74, 6) is 1.40. The Morgan fingerprint density at radius 3 is 2.49 bits per heavy atom. The van der Waals surface area contributed by atoms with Gasteiger partial charge in [-0.1, -0.05) is 65.9 Å². The molecule has 0 fully saturated rings. The number of para-hydroxylation sites is 1. The van der Waals surface area contributed by atoms with Gasteiger partial charge in [0, 0.05) is 0 Å². The van der Waals surface area contributed by atoms with Crippen molar-refractivity contribution in [3.05, 3.63) is 124 Å². The number of carbonyl (C=O) groups is 1. The first-order valence-corrected chi connectivity index (χ1v) is 12.9. The lowest BCUT2D eigenvalue weighted by atomic mass is 10.1. The van der Waals surface area contributed by atoms with Crippen LogP contribution in [0.15, 0.2) is 106 Å². The molecule has 0 aliphatic heterocycles. The molecule has 5 aromatic rings. The number of carbonyl (C=O) groups excluding carboxylic acids is 1. The predicted octanol–water partition coefficient (Wildman–Crippen LogP) is 5.35. The van der Waals surface area contributed by atoms with Crippen LogP contribution >= 0.6 is 0 Å². The first kappa shape index (κ1) is 27.1. The normalized spacial score (nSPS) is 11.3. The highest BCUT2D eigenvalue weighted by Crippen LogP contribution is 2.29. The predicted molar refractivity (Wildman–Crippen MR) is 155 cm³/mol. The molecule has 0 aliphatic carbocycles. The van der Waals surface area contributed by atoms with E-state index in [1.54, 1.807) is 54.4 Å². The molecule has 9 nitrogen and oxygen atoms in total. The second-order valence-electron chi connectivity index (χ2n) is 8.93. The fourth-order valence-corrected chi connectivity index (χ4v) is 4.00. The van der Waals surface area contributed by atoms with Crippen molar-refractivity contribution in [1.82, 2.24) is 15.0 Å². The van der Waals surface area contributed by atoms with Crippen LogP contribution in [0, 0.1) is 0 Å². The van der Waals surface area contributed by atoms with E-state index in [-0.39, 0.29) is 19.0 Å². The first-order valence-electron chi connectivity index (χ1n) is 12.9. The molecule has 0 aliphatic rings. The van der Waals surface area contributed by atoms with Gasteiger partial charge in [-0.3, -0.25) is 4.79 Å². The van der Waals surface area contributed by atoms with Crippen LogP contribution in [0.1, 0.15) is 16.8 Å². The van der Waals surface area contributed by atoms with Crippen LogP contribution in [0.2, 0.25) is 0 Å². The van der Waals surface area contributed by atoms with E-state index in [9.17, 15) is 9.59 Å². The maximum Gasteiger partial charge on any atom is 0.339 e. The third kappa shape index (κ3) is 7.36. The van der Waals surface area contributed by atoms with Gasteiger partial charge in [0.15, 0.2) is 17.3 Å². The summed E-state index contributed by atoms with van der Waals surface area (Å²) < 4.78 is 24.1. The summed E-state index contributed by atoms with van der Waals surface area (Å²) in [6.07, 6.45) is 8.30. The monoisotopic (exact) mass is 549 g/mol. The quantitative estimate of drug-likeness (QED) is 0.152. The largest absolute Gasteiger partial charge is 0.493 e. The summed E-state index contributed by atoms with van der Waals surface area (Å²) in [5.41, 5.74) is 2.38. The van der Waals surface area contributed by atoms with Gasteiger partial charge in [-0.15, -0.1) is 5.10 Å². The molecule has 0 saturated heterocycles. The molecule has 0 N–H and O–H groups in total. The molecule has 206 valence electrons. The van der Waals surface area contributed by atoms with Crippen LogP contribution in [0.4, 0.5) is 0 Å². The van der Waals surface area contributed by atoms with E-state index in [1.165, 1.54) is 18.2 Å². The van der Waals surface area contributed by atoms with Crippen molar-refractivity contribution in [2.75, 3.05) is 13.7 Å². The molecule has 9 heteroatoms. The molecule has 3 aromatic carbocycles. The van der Waals surface area contributed by atoms with E-state index in [1.807, 2.05) is 48.5 Å². The lowest BCUT2D eigenvalue weighted by molar-refractivity contribution is -0.110. The highest BCUT2D eigenvalue weighted by atomic mass is 16.5. The Hall–Kier alpha value is -5.44. The molecular formula is C32H27N3O6. The van der Waals surface area contributed by atoms with E-state index in [0.29, 0.717) is 35.1 Å². The van der Waals surface area contributed by atoms with Gasteiger partial charge in [0.1, 0.15) is 30.2 Å². The minimum Gasteiger partial charge on any atom is -0.493 e. The first-order chi connectivity index (χ1) is 20.1. The minimum atomic E-state index is -0.470. The van der Waals surface area contributed by atoms with Gasteiger partial charge in [0.2, 0.25) is 0 Å². The van der Waals surface area contributed by atoms with Gasteiger partial charge in [0.25, 0.3) is 0 Å². The van der Waals surface area contributed by atoms with E-state index in [4.69, 9.17) is 18.6 Å². The number of fused-ring (bicyclic) bond motifs is 1. The summed E-state index contributed by atoms with van der Waals surface area (Å²) in [4.78, 5) is 24.0. The third-order valence-corrected chi connectivity index (χ3v) is 6.02. The third-order valence-electron chi connectivity index (χ3n) is 6.02. The number of methoxy groups -OCH3 is 1. The molecule has 2 heterocycles. The van der Waals surface area contributed by atoms with E-state index in [2.05, 4.69) is 10.3 Å². The van der Waals surface area contributed by atoms with Gasteiger partial charge in [-0.05, 0) is 47.5 Å². The Morgan fingerprint density at radius 1 is 0.878 bits per heavy atom. The average molecular weight is 550 g/mol. The number of hydrogen-bond acceptors (Lipinski definition) is 8. The van der Waals surface area contributed by atoms with Crippen molar-refractivity contribution in [2.24, 2.45) is 0 Å². The summed E-state index contributed by atoms with van der Waals surface area (Å²) in [7, 11) is 1.56. The SMILES string of the molecule is COc1cc(/C=C/C(=O)/C=C/c2ccccc2)ccc1OCc1cn(CCOc2cc(=O)oc3ccccc23)nn1. The molecule has 5 rings (SSSR count). The van der Waals surface area contributed by atoms with E-state index < -0.39 is 5.63 Å². The van der Waals surface area contributed by atoms with Gasteiger partial charge < -0.3 is 18.6 Å². The molecule has 2 aromatic heterocycles. The van der Waals surface area contributed by atoms with E-state index in [0.717, 1.165) is 16.5 Å². The fraction of sp³-hybridized carbons (Fsp3) is 0.125. The molecule has 0 amide bonds. The van der Waals surface area contributed by atoms with Crippen molar-refractivity contribution < 1.29 is 23.4 Å². The number of allylic oxidation sites excluding steroid dienone is 2. The van der Waals surface area contributed by atoms with Crippen molar-refractivity contribution in [3.63, 3.8) is 0 Å². The zero-order valence-electron chi connectivity index (χ0n) is 22.3. The number of aromatic nitrogens is 3. The molecule has 0 saturated carbocycles. The van der Waals surface area contributed by atoms with Gasteiger partial charge in [-0.2, -0.15) is 0 Å². The van der Waals surface area contributed by atoms with Crippen LogP contribution in [0.5, 0.6) is 17.2 Å². The number of rotatable bonds is 12. The minimum absolute atomic E-state index is 0.121. The Labute approximate surface area is 235 Å². The highest BCUT2D eigenvalue weighted by molar-refractivity contribution is 6.04. The van der Waals surface area contributed by atoms with Crippen molar-refractivity contribution in [3.8, 4) is 17.2 Å². The number of nitrogens with zero attached hydrogens (tertiary/aromatic N) is 3. The molecular weight excluding hydrogens is 522 g/mol. The lowest BCUT2D eigenvalue weighted by Crippen LogP contribution is -2.10. The number of hydrogen-bond donors (Lipinski definition) is 0. The highest BCUT2D eigenvalue weighted by Gasteiger charge is 2.09. The van der Waals surface area contributed by atoms with Gasteiger partial charge in [-0.25, -0.2) is 9.48 Å². The summed E-state index contributed by atoms with van der Waals surface area (Å²) in [6.45, 7) is 0.884. The summed E-state index contributed by atoms with van der Waals surface area (Å²) in [5, 5.41) is 9.00. The van der Waals surface area contributed by atoms with Gasteiger partial charge >= 0.3 is 5.63 Å². The molecule has 0 spiro atoms. The second-order valence-corrected chi connectivity index (χ2v) is 8.93. The molecule has 0 unspecified atom stereocenters. The maximum atomic E-state index is 12.2. The van der Waals surface area contributed by atoms with Crippen molar-refractivity contribution in [2.45, 2.75) is 13.2 Å². The average Bonchev–Trinajstić information content (AvgIpc) is 3.46. The molecule has 0 radical (unpaired) electrons. The number of ketones is 1. The zero-order valence-corrected chi connectivity index (χ0v) is 22.3. The Morgan fingerprint density at radius 2 is 1.66 bits per heavy atom. The van der Waals surface area contributed by atoms with Gasteiger partial charge in [0.05, 0.1) is 31.3 Å². The molecule has 41 heavy (non-hydrogen) atoms. The fourth-order valence-electron chi connectivity index (χ4n) is 4.00. The number of ether oxygens (including phenoxy) is 3. The van der Waals surface area contributed by atoms with Crippen LogP contribution in [-0.2, 0) is 17.9 Å². The topological polar surface area (TPSA) is 106 Å². The zero-order chi connectivity index (χ0) is 28.4. The van der Waals surface area contributed by atoms with Crippen molar-refractivity contribution in [1.29, 1.82) is 0 Å². The smallest absolute Gasteiger partial charge is 0.339 e. The Bertz CT molecular complexity index is 1750. The summed E-state index contributed by atoms with van der Waals surface area (Å²) in [6, 6.07) is 23.6. The standard InChI is InChI=1S/C32H27N3O6/c1-38-31-19-24(12-15-26(36)14-11-23-7-3-2-4-8-23)13-16-29(31)40-22-25-21-35(34-33-25)17-18-39-30-20-32(37)41-28-10-6-5-9-27(28)30/h2-16,19-21H,17-18,22H2,1H3/b14-11+,15-12+. The van der Waals surface area contributed by atoms with E-state index >= 15 is 0 Å². The Kier molecular flexibility index (Phi) is 8.66. The summed E-state index contributed by atoms with van der Waals surface area (Å²) >= 11 is 0. The van der Waals surface area contributed by atoms with Crippen LogP contribution < -0.4 is 19.8 Å². The van der Waals surface area contributed by atoms with Crippen LogP contribution in [-0.4, -0.2) is 34.5 Å². The maximum absolute atomic E-state index is 12.2. The van der Waals surface area contributed by atoms with Crippen LogP contribution in [0.3, 0.4) is 0 Å². The number of benzene rings is 3. The molecule has 0 atom stereocenters.